The van der Waals surface area contributed by atoms with Crippen LogP contribution in [0.2, 0.25) is 0 Å². The van der Waals surface area contributed by atoms with Crippen molar-refractivity contribution in [1.29, 1.82) is 0 Å². The number of anilines is 1. The van der Waals surface area contributed by atoms with Crippen molar-refractivity contribution < 1.29 is 9.47 Å². The van der Waals surface area contributed by atoms with Crippen LogP contribution < -0.4 is 14.4 Å². The maximum atomic E-state index is 5.67. The molecule has 0 radical (unpaired) electrons. The summed E-state index contributed by atoms with van der Waals surface area (Å²) >= 11 is 0. The van der Waals surface area contributed by atoms with E-state index in [0.29, 0.717) is 6.79 Å². The van der Waals surface area contributed by atoms with Crippen LogP contribution in [0.5, 0.6) is 11.5 Å². The van der Waals surface area contributed by atoms with Crippen molar-refractivity contribution in [3.05, 3.63) is 48.0 Å². The molecule has 202 valence electrons. The minimum absolute atomic E-state index is 0.320. The van der Waals surface area contributed by atoms with Crippen molar-refractivity contribution >= 4 is 11.8 Å². The third-order valence-electron chi connectivity index (χ3n) is 8.13. The molecule has 2 aromatic carbocycles. The van der Waals surface area contributed by atoms with Crippen LogP contribution in [0.1, 0.15) is 121 Å². The molecule has 2 aliphatic rings. The van der Waals surface area contributed by atoms with Gasteiger partial charge in [0.1, 0.15) is 0 Å². The van der Waals surface area contributed by atoms with Crippen molar-refractivity contribution in [1.82, 2.24) is 0 Å². The highest BCUT2D eigenvalue weighted by atomic mass is 16.7. The molecule has 4 rings (SSSR count). The molecule has 0 unspecified atom stereocenters. The van der Waals surface area contributed by atoms with Crippen LogP contribution in [0.4, 0.5) is 5.69 Å². The van der Waals surface area contributed by atoms with Gasteiger partial charge in [-0.15, -0.1) is 0 Å². The molecule has 0 spiro atoms. The molecule has 2 aromatic rings. The van der Waals surface area contributed by atoms with Gasteiger partial charge in [0.25, 0.3) is 0 Å². The summed E-state index contributed by atoms with van der Waals surface area (Å²) in [4.78, 5) is 2.56. The van der Waals surface area contributed by atoms with E-state index in [1.54, 1.807) is 0 Å². The number of nitrogens with zero attached hydrogens (tertiary/aromatic N) is 1. The maximum absolute atomic E-state index is 5.67. The molecule has 0 aliphatic carbocycles. The first kappa shape index (κ1) is 27.6. The predicted octanol–water partition coefficient (Wildman–Crippen LogP) is 10.3. The number of fused-ring (bicyclic) bond motifs is 4. The molecule has 0 bridgehead atoms. The average Bonchev–Trinajstić information content (AvgIpc) is 3.38. The molecule has 0 aromatic heterocycles. The van der Waals surface area contributed by atoms with Gasteiger partial charge in [0.05, 0.1) is 5.69 Å². The van der Waals surface area contributed by atoms with E-state index in [9.17, 15) is 0 Å². The Balaban J connectivity index is 1.13. The number of rotatable bonds is 18. The lowest BCUT2D eigenvalue weighted by atomic mass is 9.90. The van der Waals surface area contributed by atoms with Gasteiger partial charge in [-0.05, 0) is 35.2 Å². The van der Waals surface area contributed by atoms with Crippen LogP contribution in [-0.2, 0) is 6.54 Å². The average molecular weight is 504 g/mol. The lowest BCUT2D eigenvalue weighted by Gasteiger charge is -2.34. The second-order valence-corrected chi connectivity index (χ2v) is 11.0. The van der Waals surface area contributed by atoms with Crippen LogP contribution in [0, 0.1) is 0 Å². The molecule has 2 heterocycles. The third-order valence-corrected chi connectivity index (χ3v) is 8.13. The predicted molar refractivity (Wildman–Crippen MR) is 159 cm³/mol. The largest absolute Gasteiger partial charge is 0.454 e. The van der Waals surface area contributed by atoms with Crippen LogP contribution in [-0.4, -0.2) is 13.3 Å². The Kier molecular flexibility index (Phi) is 11.3. The molecule has 37 heavy (non-hydrogen) atoms. The van der Waals surface area contributed by atoms with Gasteiger partial charge < -0.3 is 14.4 Å². The van der Waals surface area contributed by atoms with Crippen LogP contribution in [0.15, 0.2) is 36.9 Å². The first-order chi connectivity index (χ1) is 18.3. The van der Waals surface area contributed by atoms with Gasteiger partial charge in [0, 0.05) is 18.7 Å². The van der Waals surface area contributed by atoms with Crippen molar-refractivity contribution in [3.63, 3.8) is 0 Å². The lowest BCUT2D eigenvalue weighted by Crippen LogP contribution is -2.28. The maximum Gasteiger partial charge on any atom is 0.231 e. The van der Waals surface area contributed by atoms with Crippen molar-refractivity contribution in [2.45, 2.75) is 116 Å². The summed E-state index contributed by atoms with van der Waals surface area (Å²) in [6.45, 7) is 8.72. The monoisotopic (exact) mass is 503 g/mol. The highest BCUT2D eigenvalue weighted by Gasteiger charge is 2.27. The van der Waals surface area contributed by atoms with Crippen molar-refractivity contribution in [2.75, 3.05) is 18.2 Å². The number of para-hydroxylation sites is 1. The molecule has 3 heteroatoms. The van der Waals surface area contributed by atoms with E-state index in [-0.39, 0.29) is 0 Å². The van der Waals surface area contributed by atoms with Gasteiger partial charge in [-0.2, -0.15) is 0 Å². The Morgan fingerprint density at radius 2 is 1.30 bits per heavy atom. The summed E-state index contributed by atoms with van der Waals surface area (Å²) in [5.74, 6) is 1.74. The molecule has 2 aliphatic heterocycles. The van der Waals surface area contributed by atoms with Crippen LogP contribution in [0.25, 0.3) is 17.2 Å². The summed E-state index contributed by atoms with van der Waals surface area (Å²) in [5.41, 5.74) is 6.43. The summed E-state index contributed by atoms with van der Waals surface area (Å²) in [6, 6.07) is 10.9. The second-order valence-electron chi connectivity index (χ2n) is 11.0. The van der Waals surface area contributed by atoms with E-state index in [4.69, 9.17) is 9.47 Å². The SMILES string of the molecule is C=Cc1cccc2c1N(CCCCCCCCCCCCCCCCCC)Cc1cc3c(cc1-2)OCO3. The first-order valence-corrected chi connectivity index (χ1v) is 15.2. The lowest BCUT2D eigenvalue weighted by molar-refractivity contribution is 0.174. The number of hydrogen-bond acceptors (Lipinski definition) is 3. The zero-order valence-electron chi connectivity index (χ0n) is 23.4. The van der Waals surface area contributed by atoms with Crippen LogP contribution in [0.3, 0.4) is 0 Å². The normalized spacial score (nSPS) is 13.5. The fourth-order valence-corrected chi connectivity index (χ4v) is 5.99. The smallest absolute Gasteiger partial charge is 0.231 e. The molecular weight excluding hydrogens is 454 g/mol. The Morgan fingerprint density at radius 1 is 0.730 bits per heavy atom. The van der Waals surface area contributed by atoms with Gasteiger partial charge in [0.2, 0.25) is 6.79 Å². The molecule has 0 saturated heterocycles. The van der Waals surface area contributed by atoms with E-state index in [1.165, 1.54) is 131 Å². The van der Waals surface area contributed by atoms with E-state index in [2.05, 4.69) is 48.7 Å². The van der Waals surface area contributed by atoms with Crippen LogP contribution >= 0.6 is 0 Å². The molecule has 0 N–H and O–H groups in total. The molecule has 0 amide bonds. The van der Waals surface area contributed by atoms with Gasteiger partial charge >= 0.3 is 0 Å². The molecular formula is C34H49NO2. The van der Waals surface area contributed by atoms with E-state index in [0.717, 1.165) is 24.6 Å². The Morgan fingerprint density at radius 3 is 1.89 bits per heavy atom. The van der Waals surface area contributed by atoms with Gasteiger partial charge in [0.15, 0.2) is 11.5 Å². The van der Waals surface area contributed by atoms with Gasteiger partial charge in [-0.3, -0.25) is 0 Å². The summed E-state index contributed by atoms with van der Waals surface area (Å²) < 4.78 is 11.3. The summed E-state index contributed by atoms with van der Waals surface area (Å²) in [7, 11) is 0. The molecule has 0 fully saturated rings. The van der Waals surface area contributed by atoms with Crippen molar-refractivity contribution in [3.8, 4) is 22.6 Å². The molecule has 0 saturated carbocycles. The quantitative estimate of drug-likeness (QED) is 0.189. The fourth-order valence-electron chi connectivity index (χ4n) is 5.99. The van der Waals surface area contributed by atoms with E-state index in [1.807, 2.05) is 6.08 Å². The Hall–Kier alpha value is -2.42. The Bertz CT molecular complexity index is 982. The standard InChI is InChI=1S/C34H49NO2/c1-3-5-6-7-8-9-10-11-12-13-14-15-16-17-18-19-23-35-26-29-24-32-33(37-27-36-32)25-31(29)30-22-20-21-28(4-2)34(30)35/h4,20-22,24-25H,2-3,5-19,23,26-27H2,1H3. The number of unbranched alkanes of at least 4 members (excludes halogenated alkanes) is 15. The third kappa shape index (κ3) is 7.79. The highest BCUT2D eigenvalue weighted by molar-refractivity contribution is 5.90. The number of benzene rings is 2. The zero-order chi connectivity index (χ0) is 25.7. The summed E-state index contributed by atoms with van der Waals surface area (Å²) in [6.07, 6.45) is 24.5. The fraction of sp³-hybridized carbons (Fsp3) is 0.588. The van der Waals surface area contributed by atoms with Gasteiger partial charge in [-0.25, -0.2) is 0 Å². The van der Waals surface area contributed by atoms with Crippen molar-refractivity contribution in [2.24, 2.45) is 0 Å². The molecule has 0 atom stereocenters. The topological polar surface area (TPSA) is 21.7 Å². The summed E-state index contributed by atoms with van der Waals surface area (Å²) in [5, 5.41) is 0. The highest BCUT2D eigenvalue weighted by Crippen LogP contribution is 2.46. The van der Waals surface area contributed by atoms with E-state index >= 15 is 0 Å². The zero-order valence-corrected chi connectivity index (χ0v) is 23.4. The van der Waals surface area contributed by atoms with E-state index < -0.39 is 0 Å². The minimum atomic E-state index is 0.320. The number of ether oxygens (including phenoxy) is 2. The number of hydrogen-bond donors (Lipinski definition) is 0. The molecule has 3 nitrogen and oxygen atoms in total. The second kappa shape index (κ2) is 15.1. The Labute approximate surface area is 226 Å². The van der Waals surface area contributed by atoms with Gasteiger partial charge in [-0.1, -0.05) is 134 Å². The minimum Gasteiger partial charge on any atom is -0.454 e. The first-order valence-electron chi connectivity index (χ1n) is 15.2.